The van der Waals surface area contributed by atoms with Gasteiger partial charge in [-0.1, -0.05) is 0 Å². The predicted molar refractivity (Wildman–Crippen MR) is 73.6 cm³/mol. The third-order valence-corrected chi connectivity index (χ3v) is 2.37. The Bertz CT molecular complexity index is 601. The van der Waals surface area contributed by atoms with Crippen molar-refractivity contribution in [1.29, 1.82) is 0 Å². The topological polar surface area (TPSA) is 81.9 Å². The predicted octanol–water partition coefficient (Wildman–Crippen LogP) is 2.13. The molecule has 0 aromatic carbocycles. The Balaban J connectivity index is 2.25. The summed E-state index contributed by atoms with van der Waals surface area (Å²) >= 11 is 0. The molecule has 2 aromatic heterocycles. The molecule has 0 spiro atoms. The highest BCUT2D eigenvalue weighted by Crippen LogP contribution is 2.16. The van der Waals surface area contributed by atoms with Gasteiger partial charge in [-0.25, -0.2) is 14.9 Å². The number of aromatic nitrogens is 4. The minimum Gasteiger partial charge on any atom is -0.443 e. The van der Waals surface area contributed by atoms with E-state index in [1.165, 1.54) is 4.68 Å². The van der Waals surface area contributed by atoms with Crippen molar-refractivity contribution in [2.24, 2.45) is 0 Å². The number of pyridine rings is 1. The Labute approximate surface area is 117 Å². The van der Waals surface area contributed by atoms with E-state index in [4.69, 9.17) is 4.74 Å². The lowest BCUT2D eigenvalue weighted by atomic mass is 10.2. The highest BCUT2D eigenvalue weighted by molar-refractivity contribution is 5.77. The van der Waals surface area contributed by atoms with E-state index in [-0.39, 0.29) is 0 Å². The summed E-state index contributed by atoms with van der Waals surface area (Å²) in [6.45, 7) is 7.15. The van der Waals surface area contributed by atoms with E-state index in [0.717, 1.165) is 5.56 Å². The van der Waals surface area contributed by atoms with Gasteiger partial charge in [0.15, 0.2) is 5.82 Å². The van der Waals surface area contributed by atoms with Gasteiger partial charge in [0, 0.05) is 18.0 Å². The van der Waals surface area contributed by atoms with Crippen LogP contribution in [0.1, 0.15) is 26.6 Å². The second kappa shape index (κ2) is 5.28. The van der Waals surface area contributed by atoms with E-state index in [9.17, 15) is 4.79 Å². The Morgan fingerprint density at radius 1 is 1.25 bits per heavy atom. The molecular weight excluding hydrogens is 258 g/mol. The zero-order chi connectivity index (χ0) is 14.8. The monoisotopic (exact) mass is 275 g/mol. The molecule has 2 aromatic rings. The van der Waals surface area contributed by atoms with Crippen LogP contribution in [-0.2, 0) is 4.74 Å². The van der Waals surface area contributed by atoms with Crippen molar-refractivity contribution in [1.82, 2.24) is 19.9 Å². The van der Waals surface area contributed by atoms with Crippen molar-refractivity contribution in [2.45, 2.75) is 33.3 Å². The van der Waals surface area contributed by atoms with Gasteiger partial charge in [0.25, 0.3) is 0 Å². The third kappa shape index (κ3) is 3.31. The minimum absolute atomic E-state index is 0.524. The van der Waals surface area contributed by atoms with E-state index >= 15 is 0 Å². The maximum absolute atomic E-state index is 11.8. The molecule has 0 radical (unpaired) electrons. The van der Waals surface area contributed by atoms with Crippen LogP contribution in [0.5, 0.6) is 0 Å². The number of rotatable bonds is 2. The molecule has 2 rings (SSSR count). The molecule has 0 unspecified atom stereocenters. The van der Waals surface area contributed by atoms with Crippen molar-refractivity contribution in [3.8, 4) is 11.4 Å². The van der Waals surface area contributed by atoms with E-state index in [1.54, 1.807) is 52.2 Å². The van der Waals surface area contributed by atoms with Crippen molar-refractivity contribution >= 4 is 6.09 Å². The average Bonchev–Trinajstić information content (AvgIpc) is 2.70. The Morgan fingerprint density at radius 3 is 2.50 bits per heavy atom. The number of ether oxygens (including phenoxy) is 1. The van der Waals surface area contributed by atoms with Crippen molar-refractivity contribution in [3.63, 3.8) is 0 Å². The Morgan fingerprint density at radius 2 is 1.90 bits per heavy atom. The number of carbonyl (C=O) groups excluding carboxylic acids is 1. The normalized spacial score (nSPS) is 11.2. The lowest BCUT2D eigenvalue weighted by Crippen LogP contribution is -2.32. The molecule has 0 aliphatic rings. The zero-order valence-corrected chi connectivity index (χ0v) is 11.9. The van der Waals surface area contributed by atoms with Crippen molar-refractivity contribution < 1.29 is 9.53 Å². The van der Waals surface area contributed by atoms with Gasteiger partial charge in [0.05, 0.1) is 0 Å². The van der Waals surface area contributed by atoms with Crippen LogP contribution in [0.4, 0.5) is 4.79 Å². The van der Waals surface area contributed by atoms with Crippen LogP contribution < -0.4 is 5.43 Å². The van der Waals surface area contributed by atoms with Gasteiger partial charge in [-0.3, -0.25) is 4.98 Å². The maximum atomic E-state index is 11.8. The first kappa shape index (κ1) is 14.0. The molecule has 0 fully saturated rings. The average molecular weight is 275 g/mol. The molecule has 0 atom stereocenters. The summed E-state index contributed by atoms with van der Waals surface area (Å²) in [5.41, 5.74) is 2.86. The summed E-state index contributed by atoms with van der Waals surface area (Å²) in [5.74, 6) is 1.08. The van der Waals surface area contributed by atoms with Gasteiger partial charge in [0.2, 0.25) is 0 Å². The summed E-state index contributed by atoms with van der Waals surface area (Å²) in [4.78, 5) is 15.8. The number of hydrogen-bond donors (Lipinski definition) is 1. The minimum atomic E-state index is -0.567. The lowest BCUT2D eigenvalue weighted by molar-refractivity contribution is 0.0613. The van der Waals surface area contributed by atoms with Crippen LogP contribution in [0.25, 0.3) is 11.4 Å². The molecule has 1 amide bonds. The summed E-state index contributed by atoms with van der Waals surface area (Å²) in [6, 6.07) is 3.58. The molecule has 106 valence electrons. The summed E-state index contributed by atoms with van der Waals surface area (Å²) in [7, 11) is 0. The first-order chi connectivity index (χ1) is 9.37. The fourth-order valence-corrected chi connectivity index (χ4v) is 1.58. The van der Waals surface area contributed by atoms with E-state index < -0.39 is 11.7 Å². The molecule has 7 nitrogen and oxygen atoms in total. The van der Waals surface area contributed by atoms with E-state index in [0.29, 0.717) is 11.6 Å². The molecule has 0 saturated heterocycles. The number of nitrogens with one attached hydrogen (secondary N) is 1. The van der Waals surface area contributed by atoms with Gasteiger partial charge >= 0.3 is 6.09 Å². The maximum Gasteiger partial charge on any atom is 0.427 e. The van der Waals surface area contributed by atoms with Gasteiger partial charge in [-0.2, -0.15) is 0 Å². The second-order valence-electron chi connectivity index (χ2n) is 5.26. The first-order valence-corrected chi connectivity index (χ1v) is 6.19. The molecule has 0 aliphatic heterocycles. The molecule has 7 heteroatoms. The molecule has 1 N–H and O–H groups in total. The summed E-state index contributed by atoms with van der Waals surface area (Å²) < 4.78 is 6.71. The highest BCUT2D eigenvalue weighted by atomic mass is 16.6. The lowest BCUT2D eigenvalue weighted by Gasteiger charge is -2.20. The quantitative estimate of drug-likeness (QED) is 0.907. The van der Waals surface area contributed by atoms with Gasteiger partial charge in [-0.05, 0) is 39.8 Å². The molecule has 2 heterocycles. The molecule has 0 aliphatic carbocycles. The van der Waals surface area contributed by atoms with Crippen LogP contribution in [0, 0.1) is 6.92 Å². The second-order valence-corrected chi connectivity index (χ2v) is 5.26. The Hall–Kier alpha value is -2.44. The molecule has 0 saturated carbocycles. The Kier molecular flexibility index (Phi) is 3.69. The van der Waals surface area contributed by atoms with E-state index in [2.05, 4.69) is 20.6 Å². The third-order valence-electron chi connectivity index (χ3n) is 2.37. The fraction of sp³-hybridized carbons (Fsp3) is 0.385. The molecule has 20 heavy (non-hydrogen) atoms. The summed E-state index contributed by atoms with van der Waals surface area (Å²) in [5, 5.41) is 8.02. The number of hydrogen-bond acceptors (Lipinski definition) is 5. The van der Waals surface area contributed by atoms with Crippen LogP contribution in [-0.4, -0.2) is 31.6 Å². The molecule has 0 bridgehead atoms. The fourth-order valence-electron chi connectivity index (χ4n) is 1.58. The highest BCUT2D eigenvalue weighted by Gasteiger charge is 2.19. The first-order valence-electron chi connectivity index (χ1n) is 6.19. The standard InChI is InChI=1S/C13H17N5O2/c1-9-15-16-11(10-5-7-14-8-6-10)18(9)17-12(19)20-13(2,3)4/h5-8H,1-4H3,(H,17,19). The SMILES string of the molecule is Cc1nnc(-c2ccncc2)n1NC(=O)OC(C)(C)C. The van der Waals surface area contributed by atoms with Gasteiger partial charge < -0.3 is 4.74 Å². The van der Waals surface area contributed by atoms with E-state index in [1.807, 2.05) is 0 Å². The van der Waals surface area contributed by atoms with Crippen molar-refractivity contribution in [2.75, 3.05) is 5.43 Å². The van der Waals surface area contributed by atoms with Gasteiger partial charge in [0.1, 0.15) is 11.4 Å². The largest absolute Gasteiger partial charge is 0.443 e. The van der Waals surface area contributed by atoms with Gasteiger partial charge in [-0.15, -0.1) is 10.2 Å². The number of aryl methyl sites for hydroxylation is 1. The van der Waals surface area contributed by atoms with Crippen LogP contribution in [0.2, 0.25) is 0 Å². The van der Waals surface area contributed by atoms with Crippen LogP contribution in [0.15, 0.2) is 24.5 Å². The van der Waals surface area contributed by atoms with Crippen molar-refractivity contribution in [3.05, 3.63) is 30.4 Å². The van der Waals surface area contributed by atoms with Crippen LogP contribution >= 0.6 is 0 Å². The summed E-state index contributed by atoms with van der Waals surface area (Å²) in [6.07, 6.45) is 2.74. The molecular formula is C13H17N5O2. The number of amides is 1. The number of nitrogens with zero attached hydrogens (tertiary/aromatic N) is 4. The number of carbonyl (C=O) groups is 1. The smallest absolute Gasteiger partial charge is 0.427 e. The van der Waals surface area contributed by atoms with Crippen LogP contribution in [0.3, 0.4) is 0 Å². The zero-order valence-electron chi connectivity index (χ0n) is 11.9.